The number of likely N-dealkylation sites (N-methyl/N-ethyl adjacent to an activating group) is 1. The number of nitrogens with one attached hydrogen (secondary N) is 1. The van der Waals surface area contributed by atoms with Gasteiger partial charge in [-0.3, -0.25) is 0 Å². The molecule has 0 unspecified atom stereocenters. The van der Waals surface area contributed by atoms with Crippen molar-refractivity contribution in [2.24, 2.45) is 0 Å². The first kappa shape index (κ1) is 19.3. The molecule has 29 heavy (non-hydrogen) atoms. The number of hydrogen-bond acceptors (Lipinski definition) is 5. The molecule has 1 aliphatic rings. The van der Waals surface area contributed by atoms with E-state index in [-0.39, 0.29) is 0 Å². The number of nitrogens with zero attached hydrogens (tertiary/aromatic N) is 4. The van der Waals surface area contributed by atoms with Gasteiger partial charge >= 0.3 is 0 Å². The Labute approximate surface area is 169 Å². The summed E-state index contributed by atoms with van der Waals surface area (Å²) in [4.78, 5) is 13.9. The molecule has 1 saturated heterocycles. The summed E-state index contributed by atoms with van der Waals surface area (Å²) in [5.74, 6) is -0.626. The highest BCUT2D eigenvalue weighted by Crippen LogP contribution is 2.26. The van der Waals surface area contributed by atoms with E-state index in [1.165, 1.54) is 6.07 Å². The van der Waals surface area contributed by atoms with Gasteiger partial charge in [0, 0.05) is 49.6 Å². The molecule has 0 radical (unpaired) electrons. The first-order valence-electron chi connectivity index (χ1n) is 9.76. The third kappa shape index (κ3) is 4.51. The van der Waals surface area contributed by atoms with Crippen molar-refractivity contribution in [2.75, 3.05) is 42.9 Å². The van der Waals surface area contributed by atoms with E-state index in [2.05, 4.69) is 32.0 Å². The zero-order chi connectivity index (χ0) is 20.2. The Morgan fingerprint density at radius 1 is 0.897 bits per heavy atom. The maximum atomic E-state index is 13.6. The molecule has 1 fully saturated rings. The molecular weight excluding hydrogens is 372 g/mol. The summed E-state index contributed by atoms with van der Waals surface area (Å²) in [6, 6.07) is 15.5. The van der Waals surface area contributed by atoms with Crippen LogP contribution in [0.2, 0.25) is 0 Å². The molecule has 0 amide bonds. The number of halogens is 2. The highest BCUT2D eigenvalue weighted by atomic mass is 19.2. The van der Waals surface area contributed by atoms with Gasteiger partial charge in [0.25, 0.3) is 0 Å². The van der Waals surface area contributed by atoms with Crippen molar-refractivity contribution in [1.82, 2.24) is 14.9 Å². The van der Waals surface area contributed by atoms with Crippen molar-refractivity contribution in [1.29, 1.82) is 0 Å². The van der Waals surface area contributed by atoms with Gasteiger partial charge in [0.05, 0.1) is 5.69 Å². The summed E-state index contributed by atoms with van der Waals surface area (Å²) in [7, 11) is 0. The lowest BCUT2D eigenvalue weighted by Crippen LogP contribution is -2.46. The summed E-state index contributed by atoms with van der Waals surface area (Å²) in [6.07, 6.45) is 0. The van der Waals surface area contributed by atoms with Crippen molar-refractivity contribution in [2.45, 2.75) is 6.92 Å². The largest absolute Gasteiger partial charge is 0.354 e. The molecule has 150 valence electrons. The van der Waals surface area contributed by atoms with E-state index in [0.717, 1.165) is 61.9 Å². The molecule has 1 aromatic heterocycles. The van der Waals surface area contributed by atoms with Crippen LogP contribution in [0.4, 0.5) is 26.2 Å². The second-order valence-electron chi connectivity index (χ2n) is 6.98. The normalized spacial score (nSPS) is 14.8. The van der Waals surface area contributed by atoms with Crippen LogP contribution in [0.25, 0.3) is 11.3 Å². The van der Waals surface area contributed by atoms with Crippen LogP contribution in [0, 0.1) is 11.6 Å². The molecule has 1 N–H and O–H groups in total. The van der Waals surface area contributed by atoms with Crippen LogP contribution in [0.15, 0.2) is 54.6 Å². The van der Waals surface area contributed by atoms with Crippen LogP contribution in [-0.4, -0.2) is 47.6 Å². The highest BCUT2D eigenvalue weighted by molar-refractivity contribution is 5.66. The predicted molar refractivity (Wildman–Crippen MR) is 111 cm³/mol. The standard InChI is InChI=1S/C22H23F2N5/c1-2-28-10-12-29(13-11-28)21-15-20(16-6-4-3-5-7-16)26-22(27-21)25-17-8-9-18(23)19(24)14-17/h3-9,14-15H,2,10-13H2,1H3,(H,25,26,27). The SMILES string of the molecule is CCN1CCN(c2cc(-c3ccccc3)nc(Nc3ccc(F)c(F)c3)n2)CC1. The van der Waals surface area contributed by atoms with Crippen molar-refractivity contribution in [3.05, 3.63) is 66.2 Å². The van der Waals surface area contributed by atoms with Crippen molar-refractivity contribution in [3.8, 4) is 11.3 Å². The Hall–Kier alpha value is -3.06. The van der Waals surface area contributed by atoms with Gasteiger partial charge < -0.3 is 15.1 Å². The molecule has 2 heterocycles. The lowest BCUT2D eigenvalue weighted by molar-refractivity contribution is 0.270. The van der Waals surface area contributed by atoms with Gasteiger partial charge in [0.1, 0.15) is 5.82 Å². The number of rotatable bonds is 5. The molecule has 0 saturated carbocycles. The topological polar surface area (TPSA) is 44.3 Å². The first-order valence-corrected chi connectivity index (χ1v) is 9.76. The molecule has 3 aromatic rings. The maximum absolute atomic E-state index is 13.6. The maximum Gasteiger partial charge on any atom is 0.229 e. The summed E-state index contributed by atoms with van der Waals surface area (Å²) >= 11 is 0. The summed E-state index contributed by atoms with van der Waals surface area (Å²) in [5, 5.41) is 3.02. The zero-order valence-corrected chi connectivity index (χ0v) is 16.3. The van der Waals surface area contributed by atoms with Crippen LogP contribution in [0.5, 0.6) is 0 Å². The van der Waals surface area contributed by atoms with Crippen LogP contribution < -0.4 is 10.2 Å². The average Bonchev–Trinajstić information content (AvgIpc) is 2.77. The molecule has 2 aromatic carbocycles. The Bertz CT molecular complexity index is 972. The second kappa shape index (κ2) is 8.53. The fraction of sp³-hybridized carbons (Fsp3) is 0.273. The van der Waals surface area contributed by atoms with Gasteiger partial charge in [-0.15, -0.1) is 0 Å². The van der Waals surface area contributed by atoms with Gasteiger partial charge in [0.2, 0.25) is 5.95 Å². The molecular formula is C22H23F2N5. The zero-order valence-electron chi connectivity index (χ0n) is 16.3. The van der Waals surface area contributed by atoms with E-state index in [1.807, 2.05) is 36.4 Å². The quantitative estimate of drug-likeness (QED) is 0.698. The number of piperazine rings is 1. The lowest BCUT2D eigenvalue weighted by Gasteiger charge is -2.35. The van der Waals surface area contributed by atoms with E-state index >= 15 is 0 Å². The van der Waals surface area contributed by atoms with Crippen LogP contribution in [0.1, 0.15) is 6.92 Å². The van der Waals surface area contributed by atoms with Gasteiger partial charge in [-0.2, -0.15) is 4.98 Å². The molecule has 7 heteroatoms. The van der Waals surface area contributed by atoms with E-state index in [9.17, 15) is 8.78 Å². The van der Waals surface area contributed by atoms with Crippen molar-refractivity contribution < 1.29 is 8.78 Å². The Morgan fingerprint density at radius 2 is 1.66 bits per heavy atom. The Balaban J connectivity index is 1.67. The molecule has 0 spiro atoms. The minimum absolute atomic E-state index is 0.352. The molecule has 0 bridgehead atoms. The first-order chi connectivity index (χ1) is 14.1. The summed E-state index contributed by atoms with van der Waals surface area (Å²) < 4.78 is 26.8. The fourth-order valence-corrected chi connectivity index (χ4v) is 3.41. The second-order valence-corrected chi connectivity index (χ2v) is 6.98. The molecule has 4 rings (SSSR count). The van der Waals surface area contributed by atoms with E-state index in [4.69, 9.17) is 0 Å². The molecule has 0 aliphatic carbocycles. The van der Waals surface area contributed by atoms with Gasteiger partial charge in [-0.25, -0.2) is 13.8 Å². The smallest absolute Gasteiger partial charge is 0.229 e. The molecule has 5 nitrogen and oxygen atoms in total. The van der Waals surface area contributed by atoms with Crippen LogP contribution >= 0.6 is 0 Å². The van der Waals surface area contributed by atoms with E-state index in [1.54, 1.807) is 0 Å². The molecule has 1 aliphatic heterocycles. The van der Waals surface area contributed by atoms with Gasteiger partial charge in [-0.1, -0.05) is 37.3 Å². The van der Waals surface area contributed by atoms with Crippen molar-refractivity contribution >= 4 is 17.5 Å². The fourth-order valence-electron chi connectivity index (χ4n) is 3.41. The van der Waals surface area contributed by atoms with Gasteiger partial charge in [0.15, 0.2) is 11.6 Å². The third-order valence-corrected chi connectivity index (χ3v) is 5.10. The van der Waals surface area contributed by atoms with Crippen LogP contribution in [-0.2, 0) is 0 Å². The minimum atomic E-state index is -0.912. The Kier molecular flexibility index (Phi) is 5.67. The molecule has 0 atom stereocenters. The average molecular weight is 395 g/mol. The number of hydrogen-bond donors (Lipinski definition) is 1. The van der Waals surface area contributed by atoms with Gasteiger partial charge in [-0.05, 0) is 18.7 Å². The third-order valence-electron chi connectivity index (χ3n) is 5.10. The number of anilines is 3. The Morgan fingerprint density at radius 3 is 2.34 bits per heavy atom. The number of aromatic nitrogens is 2. The lowest BCUT2D eigenvalue weighted by atomic mass is 10.1. The predicted octanol–water partition coefficient (Wildman–Crippen LogP) is 4.31. The minimum Gasteiger partial charge on any atom is -0.354 e. The highest BCUT2D eigenvalue weighted by Gasteiger charge is 2.19. The van der Waals surface area contributed by atoms with Crippen molar-refractivity contribution in [3.63, 3.8) is 0 Å². The summed E-state index contributed by atoms with van der Waals surface area (Å²) in [5.41, 5.74) is 2.14. The van der Waals surface area contributed by atoms with Crippen LogP contribution in [0.3, 0.4) is 0 Å². The monoisotopic (exact) mass is 395 g/mol. The number of benzene rings is 2. The summed E-state index contributed by atoms with van der Waals surface area (Å²) in [6.45, 7) is 6.92. The van der Waals surface area contributed by atoms with E-state index < -0.39 is 11.6 Å². The van der Waals surface area contributed by atoms with E-state index in [0.29, 0.717) is 11.6 Å².